The fourth-order valence-electron chi connectivity index (χ4n) is 0. The van der Waals surface area contributed by atoms with Crippen molar-refractivity contribution in [3.05, 3.63) is 0 Å². The summed E-state index contributed by atoms with van der Waals surface area (Å²) in [5.41, 5.74) is 0. The molecule has 0 aromatic heterocycles. The van der Waals surface area contributed by atoms with Gasteiger partial charge in [0.1, 0.15) is 0 Å². The first-order chi connectivity index (χ1) is 0. The van der Waals surface area contributed by atoms with Crippen LogP contribution in [0.25, 0.3) is 0 Å². The molecule has 0 rings (SSSR count). The summed E-state index contributed by atoms with van der Waals surface area (Å²) in [6.45, 7) is 0. The zero-order valence-corrected chi connectivity index (χ0v) is 10.8. The van der Waals surface area contributed by atoms with Crippen molar-refractivity contribution < 1.29 is 37.3 Å². The van der Waals surface area contributed by atoms with Gasteiger partial charge >= 0.3 is 0 Å². The van der Waals surface area contributed by atoms with Gasteiger partial charge in [-0.15, -0.1) is 0 Å². The topological polar surface area (TPSA) is 0 Å². The van der Waals surface area contributed by atoms with E-state index in [1.165, 1.54) is 0 Å². The summed E-state index contributed by atoms with van der Waals surface area (Å²) in [6, 6.07) is 0. The molecule has 9 radical (unpaired) electrons. The second-order valence-corrected chi connectivity index (χ2v) is 0. The van der Waals surface area contributed by atoms with E-state index in [1.807, 2.05) is 0 Å². The Labute approximate surface area is 98.4 Å². The van der Waals surface area contributed by atoms with Crippen molar-refractivity contribution in [2.75, 3.05) is 0 Å². The third kappa shape index (κ3) is 9.00. The zero-order valence-electron chi connectivity index (χ0n) is 1.89. The molecule has 0 aliphatic carbocycles. The summed E-state index contributed by atoms with van der Waals surface area (Å²) in [5, 5.41) is 0. The molecule has 0 N–H and O–H groups in total. The quantitative estimate of drug-likeness (QED) is 0.391. The van der Waals surface area contributed by atoms with E-state index in [2.05, 4.69) is 0 Å². The van der Waals surface area contributed by atoms with Gasteiger partial charge in [0.2, 0.25) is 0 Å². The molecular formula is AlBiErGa. The van der Waals surface area contributed by atoms with E-state index in [-0.39, 0.29) is 101 Å². The normalized spacial score (nSPS) is 0. The molecule has 0 spiro atoms. The van der Waals surface area contributed by atoms with E-state index in [9.17, 15) is 0 Å². The summed E-state index contributed by atoms with van der Waals surface area (Å²) < 4.78 is 0. The smallest absolute Gasteiger partial charge is 0 e. The van der Waals surface area contributed by atoms with Crippen LogP contribution in [0, 0.1) is 37.3 Å². The van der Waals surface area contributed by atoms with E-state index in [4.69, 9.17) is 0 Å². The molecule has 0 amide bonds. The minimum atomic E-state index is 0. The molecule has 0 saturated carbocycles. The van der Waals surface area contributed by atoms with Gasteiger partial charge < -0.3 is 0 Å². The molecule has 0 nitrogen and oxygen atoms in total. The molecule has 0 heterocycles. The molecule has 23 valence electrons. The van der Waals surface area contributed by atoms with Gasteiger partial charge in [-0.25, -0.2) is 0 Å². The maximum atomic E-state index is 0. The van der Waals surface area contributed by atoms with E-state index in [0.717, 1.165) is 0 Å². The zero-order chi connectivity index (χ0) is 0. The van der Waals surface area contributed by atoms with Crippen molar-refractivity contribution in [2.45, 2.75) is 0 Å². The predicted octanol–water partition coefficient (Wildman–Crippen LogP) is -1.14. The third-order valence-corrected chi connectivity index (χ3v) is 0. The number of rotatable bonds is 0. The standard InChI is InChI=1S/Al.Bi.Er.Ga. The van der Waals surface area contributed by atoms with Crippen LogP contribution in [0.15, 0.2) is 0 Å². The molecule has 0 unspecified atom stereocenters. The van der Waals surface area contributed by atoms with Crippen molar-refractivity contribution in [1.29, 1.82) is 0 Å². The van der Waals surface area contributed by atoms with Crippen molar-refractivity contribution in [1.82, 2.24) is 0 Å². The number of hydrogen-bond donors (Lipinski definition) is 0. The maximum absolute atomic E-state index is 0. The molecule has 0 bridgehead atoms. The molecule has 0 aromatic carbocycles. The van der Waals surface area contributed by atoms with Crippen LogP contribution in [0.1, 0.15) is 0 Å². The van der Waals surface area contributed by atoms with Crippen LogP contribution in [-0.2, 0) is 0 Å². The third-order valence-electron chi connectivity index (χ3n) is 0. The Kier molecular flexibility index (Phi) is 108. The Balaban J connectivity index is 0. The molecule has 0 fully saturated rings. The molecule has 0 aliphatic heterocycles. The Bertz CT molecular complexity index is 8.00. The summed E-state index contributed by atoms with van der Waals surface area (Å²) in [4.78, 5) is 0. The maximum Gasteiger partial charge on any atom is 0 e. The Hall–Kier alpha value is 3.30. The van der Waals surface area contributed by atoms with Gasteiger partial charge in [0.15, 0.2) is 0 Å². The predicted molar refractivity (Wildman–Crippen MR) is 17.3 cm³/mol. The first-order valence-electron chi connectivity index (χ1n) is 0. The first kappa shape index (κ1) is 26.6. The second kappa shape index (κ2) is 16.3. The van der Waals surface area contributed by atoms with Gasteiger partial charge in [0.05, 0.1) is 0 Å². The van der Waals surface area contributed by atoms with Gasteiger partial charge in [0.25, 0.3) is 0 Å². The van der Waals surface area contributed by atoms with Gasteiger partial charge in [-0.1, -0.05) is 0 Å². The van der Waals surface area contributed by atoms with Gasteiger partial charge in [-0.2, -0.15) is 0 Å². The fraction of sp³-hybridized carbons (Fsp3) is 0. The summed E-state index contributed by atoms with van der Waals surface area (Å²) in [7, 11) is 0. The molecule has 0 atom stereocenters. The second-order valence-electron chi connectivity index (χ2n) is 0. The van der Waals surface area contributed by atoms with E-state index in [1.54, 1.807) is 0 Å². The minimum absolute atomic E-state index is 0. The van der Waals surface area contributed by atoms with Gasteiger partial charge in [-0.3, -0.25) is 0 Å². The van der Waals surface area contributed by atoms with E-state index in [0.29, 0.717) is 0 Å². The van der Waals surface area contributed by atoms with Crippen LogP contribution in [0.5, 0.6) is 0 Å². The minimum Gasteiger partial charge on any atom is 0 e. The average Bonchev–Trinajstić information content (AvgIpc) is 0. The summed E-state index contributed by atoms with van der Waals surface area (Å²) >= 11 is 0. The van der Waals surface area contributed by atoms with Crippen LogP contribution in [-0.4, -0.2) is 63.4 Å². The molecule has 0 aromatic rings. The van der Waals surface area contributed by atoms with Crippen LogP contribution >= 0.6 is 0 Å². The monoisotopic (exact) mass is 471 g/mol. The summed E-state index contributed by atoms with van der Waals surface area (Å²) in [6.07, 6.45) is 0. The molecule has 0 saturated heterocycles. The van der Waals surface area contributed by atoms with Crippen molar-refractivity contribution in [3.63, 3.8) is 0 Å². The Morgan fingerprint density at radius 1 is 1.00 bits per heavy atom. The first-order valence-corrected chi connectivity index (χ1v) is 0. The largest absolute Gasteiger partial charge is 0 e. The number of hydrogen-bond acceptors (Lipinski definition) is 0. The molecule has 0 aliphatic rings. The van der Waals surface area contributed by atoms with Gasteiger partial charge in [0, 0.05) is 101 Å². The van der Waals surface area contributed by atoms with E-state index >= 15 is 0 Å². The van der Waals surface area contributed by atoms with Crippen LogP contribution < -0.4 is 0 Å². The van der Waals surface area contributed by atoms with Gasteiger partial charge in [-0.05, 0) is 0 Å². The van der Waals surface area contributed by atoms with E-state index < -0.39 is 0 Å². The SMILES string of the molecule is [Al].[Bi].[Er].[Ga]. The van der Waals surface area contributed by atoms with Crippen LogP contribution in [0.2, 0.25) is 0 Å². The Morgan fingerprint density at radius 2 is 1.00 bits per heavy atom. The van der Waals surface area contributed by atoms with Crippen LogP contribution in [0.3, 0.4) is 0 Å². The van der Waals surface area contributed by atoms with Crippen molar-refractivity contribution in [2.24, 2.45) is 0 Å². The van der Waals surface area contributed by atoms with Crippen molar-refractivity contribution >= 4 is 63.4 Å². The molecule has 4 heavy (non-hydrogen) atoms. The fourth-order valence-corrected chi connectivity index (χ4v) is 0. The molecular weight excluding hydrogens is 473 g/mol. The molecule has 4 heteroatoms. The van der Waals surface area contributed by atoms with Crippen molar-refractivity contribution in [3.8, 4) is 0 Å². The van der Waals surface area contributed by atoms with Crippen LogP contribution in [0.4, 0.5) is 0 Å². The Morgan fingerprint density at radius 3 is 1.00 bits per heavy atom. The average molecular weight is 473 g/mol. The summed E-state index contributed by atoms with van der Waals surface area (Å²) in [5.74, 6) is 0.